The lowest BCUT2D eigenvalue weighted by molar-refractivity contribution is 0.332. The highest BCUT2D eigenvalue weighted by Crippen LogP contribution is 2.18. The smallest absolute Gasteiger partial charge is 0.160 e. The van der Waals surface area contributed by atoms with Crippen LogP contribution in [0.1, 0.15) is 17.0 Å². The second kappa shape index (κ2) is 6.24. The maximum Gasteiger partial charge on any atom is 0.160 e. The normalized spacial score (nSPS) is 11.0. The first-order valence-electron chi connectivity index (χ1n) is 7.50. The van der Waals surface area contributed by atoms with Crippen LogP contribution in [0.3, 0.4) is 0 Å². The number of hydrogen-bond donors (Lipinski definition) is 1. The van der Waals surface area contributed by atoms with Crippen molar-refractivity contribution in [3.05, 3.63) is 53.1 Å². The third-order valence-electron chi connectivity index (χ3n) is 3.68. The molecule has 0 bridgehead atoms. The van der Waals surface area contributed by atoms with Gasteiger partial charge in [-0.2, -0.15) is 9.61 Å². The van der Waals surface area contributed by atoms with Crippen LogP contribution < -0.4 is 10.1 Å². The Bertz CT molecular complexity index is 827. The van der Waals surface area contributed by atoms with Crippen LogP contribution in [0, 0.1) is 26.6 Å². The van der Waals surface area contributed by atoms with Crippen molar-refractivity contribution >= 4 is 11.5 Å². The molecule has 1 aromatic carbocycles. The fraction of sp³-hybridized carbons (Fsp3) is 0.294. The molecule has 120 valence electrons. The fourth-order valence-electron chi connectivity index (χ4n) is 2.36. The molecule has 0 unspecified atom stereocenters. The first-order chi connectivity index (χ1) is 11.0. The van der Waals surface area contributed by atoms with Crippen LogP contribution in [0.15, 0.2) is 30.3 Å². The third-order valence-corrected chi connectivity index (χ3v) is 3.68. The number of rotatable bonds is 5. The Morgan fingerprint density at radius 2 is 1.91 bits per heavy atom. The molecule has 0 radical (unpaired) electrons. The van der Waals surface area contributed by atoms with Gasteiger partial charge in [0.05, 0.1) is 12.2 Å². The zero-order valence-electron chi connectivity index (χ0n) is 13.4. The minimum absolute atomic E-state index is 0.269. The number of fused-ring (bicyclic) bond motifs is 1. The molecule has 6 heteroatoms. The van der Waals surface area contributed by atoms with E-state index in [0.717, 1.165) is 28.4 Å². The Morgan fingerprint density at radius 1 is 1.17 bits per heavy atom. The van der Waals surface area contributed by atoms with E-state index in [0.29, 0.717) is 18.9 Å². The summed E-state index contributed by atoms with van der Waals surface area (Å²) in [4.78, 5) is 4.53. The standard InChI is InChI=1S/C17H19FN4O/c1-11-10-16(22-17(20-11)12(2)13(3)21-22)19-8-9-23-15-6-4-14(18)5-7-15/h4-7,10,19H,8-9H2,1-3H3. The van der Waals surface area contributed by atoms with Crippen molar-refractivity contribution in [3.8, 4) is 5.75 Å². The maximum atomic E-state index is 12.8. The van der Waals surface area contributed by atoms with Gasteiger partial charge < -0.3 is 10.1 Å². The highest BCUT2D eigenvalue weighted by atomic mass is 19.1. The number of halogens is 1. The van der Waals surface area contributed by atoms with E-state index in [1.54, 1.807) is 12.1 Å². The Morgan fingerprint density at radius 3 is 2.65 bits per heavy atom. The average molecular weight is 314 g/mol. The Kier molecular flexibility index (Phi) is 4.14. The van der Waals surface area contributed by atoms with Crippen molar-refractivity contribution in [1.29, 1.82) is 0 Å². The molecule has 0 aliphatic heterocycles. The van der Waals surface area contributed by atoms with Crippen LogP contribution in [-0.4, -0.2) is 27.7 Å². The number of nitrogens with one attached hydrogen (secondary N) is 1. The third kappa shape index (κ3) is 3.26. The van der Waals surface area contributed by atoms with E-state index in [2.05, 4.69) is 15.4 Å². The quantitative estimate of drug-likeness (QED) is 0.734. The molecule has 0 aliphatic carbocycles. The van der Waals surface area contributed by atoms with Crippen molar-refractivity contribution in [1.82, 2.24) is 14.6 Å². The van der Waals surface area contributed by atoms with Crippen LogP contribution in [0.4, 0.5) is 10.2 Å². The SMILES string of the molecule is Cc1cc(NCCOc2ccc(F)cc2)n2nc(C)c(C)c2n1. The molecule has 0 spiro atoms. The van der Waals surface area contributed by atoms with E-state index in [1.807, 2.05) is 31.4 Å². The van der Waals surface area contributed by atoms with Gasteiger partial charge in [0.25, 0.3) is 0 Å². The van der Waals surface area contributed by atoms with Gasteiger partial charge in [-0.15, -0.1) is 0 Å². The highest BCUT2D eigenvalue weighted by Gasteiger charge is 2.10. The first-order valence-corrected chi connectivity index (χ1v) is 7.50. The number of ether oxygens (including phenoxy) is 1. The molecule has 0 aliphatic rings. The lowest BCUT2D eigenvalue weighted by Crippen LogP contribution is -2.14. The molecular weight excluding hydrogens is 295 g/mol. The summed E-state index contributed by atoms with van der Waals surface area (Å²) in [6, 6.07) is 7.95. The highest BCUT2D eigenvalue weighted by molar-refractivity contribution is 5.55. The number of aromatic nitrogens is 3. The summed E-state index contributed by atoms with van der Waals surface area (Å²) in [7, 11) is 0. The van der Waals surface area contributed by atoms with Crippen LogP contribution >= 0.6 is 0 Å². The van der Waals surface area contributed by atoms with Crippen LogP contribution in [0.2, 0.25) is 0 Å². The zero-order chi connectivity index (χ0) is 16.4. The fourth-order valence-corrected chi connectivity index (χ4v) is 2.36. The predicted octanol–water partition coefficient (Wildman–Crippen LogP) is 3.28. The first kappa shape index (κ1) is 15.3. The monoisotopic (exact) mass is 314 g/mol. The predicted molar refractivity (Wildman–Crippen MR) is 87.6 cm³/mol. The summed E-state index contributed by atoms with van der Waals surface area (Å²) in [5, 5.41) is 7.82. The molecular formula is C17H19FN4O. The van der Waals surface area contributed by atoms with E-state index >= 15 is 0 Å². The van der Waals surface area contributed by atoms with Gasteiger partial charge in [0.1, 0.15) is 24.0 Å². The Labute approximate surface area is 134 Å². The summed E-state index contributed by atoms with van der Waals surface area (Å²) < 4.78 is 20.2. The molecule has 0 amide bonds. The minimum atomic E-state index is -0.269. The topological polar surface area (TPSA) is 51.5 Å². The summed E-state index contributed by atoms with van der Waals surface area (Å²) >= 11 is 0. The van der Waals surface area contributed by atoms with E-state index in [4.69, 9.17) is 4.74 Å². The van der Waals surface area contributed by atoms with Gasteiger partial charge in [0.15, 0.2) is 5.65 Å². The van der Waals surface area contributed by atoms with Crippen molar-refractivity contribution in [3.63, 3.8) is 0 Å². The van der Waals surface area contributed by atoms with E-state index in [9.17, 15) is 4.39 Å². The molecule has 1 N–H and O–H groups in total. The molecule has 3 rings (SSSR count). The molecule has 23 heavy (non-hydrogen) atoms. The van der Waals surface area contributed by atoms with Gasteiger partial charge in [-0.3, -0.25) is 0 Å². The summed E-state index contributed by atoms with van der Waals surface area (Å²) in [5.41, 5.74) is 3.85. The molecule has 2 aromatic heterocycles. The molecule has 3 aromatic rings. The summed E-state index contributed by atoms with van der Waals surface area (Å²) in [6.07, 6.45) is 0. The van der Waals surface area contributed by atoms with Gasteiger partial charge in [-0.25, -0.2) is 9.37 Å². The number of nitrogens with zero attached hydrogens (tertiary/aromatic N) is 3. The van der Waals surface area contributed by atoms with Gasteiger partial charge in [0, 0.05) is 17.3 Å². The van der Waals surface area contributed by atoms with Gasteiger partial charge in [-0.1, -0.05) is 0 Å². The van der Waals surface area contributed by atoms with Crippen molar-refractivity contribution in [2.45, 2.75) is 20.8 Å². The zero-order valence-corrected chi connectivity index (χ0v) is 13.4. The van der Waals surface area contributed by atoms with E-state index in [-0.39, 0.29) is 5.82 Å². The molecule has 2 heterocycles. The lowest BCUT2D eigenvalue weighted by atomic mass is 10.3. The molecule has 0 saturated heterocycles. The Hall–Kier alpha value is -2.63. The Balaban J connectivity index is 1.67. The average Bonchev–Trinajstić information content (AvgIpc) is 2.81. The van der Waals surface area contributed by atoms with Crippen LogP contribution in [-0.2, 0) is 0 Å². The summed E-state index contributed by atoms with van der Waals surface area (Å²) in [5.74, 6) is 1.26. The lowest BCUT2D eigenvalue weighted by Gasteiger charge is -2.10. The van der Waals surface area contributed by atoms with Gasteiger partial charge in [-0.05, 0) is 45.0 Å². The summed E-state index contributed by atoms with van der Waals surface area (Å²) in [6.45, 7) is 7.02. The molecule has 5 nitrogen and oxygen atoms in total. The molecule has 0 fully saturated rings. The van der Waals surface area contributed by atoms with Crippen LogP contribution in [0.25, 0.3) is 5.65 Å². The van der Waals surface area contributed by atoms with Crippen LogP contribution in [0.5, 0.6) is 5.75 Å². The van der Waals surface area contributed by atoms with Crippen molar-refractivity contribution in [2.24, 2.45) is 0 Å². The minimum Gasteiger partial charge on any atom is -0.492 e. The van der Waals surface area contributed by atoms with E-state index in [1.165, 1.54) is 12.1 Å². The van der Waals surface area contributed by atoms with Gasteiger partial charge in [0.2, 0.25) is 0 Å². The largest absolute Gasteiger partial charge is 0.492 e. The van der Waals surface area contributed by atoms with E-state index < -0.39 is 0 Å². The van der Waals surface area contributed by atoms with Gasteiger partial charge >= 0.3 is 0 Å². The molecule has 0 saturated carbocycles. The number of hydrogen-bond acceptors (Lipinski definition) is 4. The second-order valence-corrected chi connectivity index (χ2v) is 5.46. The maximum absolute atomic E-state index is 12.8. The number of benzene rings is 1. The number of anilines is 1. The molecule has 0 atom stereocenters. The van der Waals surface area contributed by atoms with Crippen molar-refractivity contribution < 1.29 is 9.13 Å². The number of aryl methyl sites for hydroxylation is 3. The second-order valence-electron chi connectivity index (χ2n) is 5.46. The van der Waals surface area contributed by atoms with Crippen molar-refractivity contribution in [2.75, 3.05) is 18.5 Å².